The van der Waals surface area contributed by atoms with Crippen LogP contribution in [0.1, 0.15) is 50.5 Å². The summed E-state index contributed by atoms with van der Waals surface area (Å²) in [7, 11) is 0. The Bertz CT molecular complexity index is 823. The summed E-state index contributed by atoms with van der Waals surface area (Å²) in [6, 6.07) is 8.12. The van der Waals surface area contributed by atoms with Gasteiger partial charge in [0.2, 0.25) is 5.91 Å². The van der Waals surface area contributed by atoms with Crippen molar-refractivity contribution in [3.63, 3.8) is 0 Å². The Morgan fingerprint density at radius 3 is 2.13 bits per heavy atom. The highest BCUT2D eigenvalue weighted by Gasteiger charge is 2.37. The molecule has 3 heterocycles. The molecule has 0 spiro atoms. The maximum atomic E-state index is 12.8. The number of rotatable bonds is 4. The molecule has 160 valence electrons. The van der Waals surface area contributed by atoms with Gasteiger partial charge in [0.15, 0.2) is 0 Å². The van der Waals surface area contributed by atoms with Crippen LogP contribution in [0.5, 0.6) is 0 Å². The molecule has 0 N–H and O–H groups in total. The first-order valence-electron chi connectivity index (χ1n) is 11.0. The predicted octanol–water partition coefficient (Wildman–Crippen LogP) is 4.12. The van der Waals surface area contributed by atoms with Gasteiger partial charge in [0.1, 0.15) is 6.54 Å². The summed E-state index contributed by atoms with van der Waals surface area (Å²) in [4.78, 5) is 43.4. The Labute approximate surface area is 182 Å². The average Bonchev–Trinajstić information content (AvgIpc) is 2.97. The molecular formula is C23H29N3O3S. The average molecular weight is 428 g/mol. The second kappa shape index (κ2) is 9.69. The van der Waals surface area contributed by atoms with Gasteiger partial charge in [-0.2, -0.15) is 0 Å². The molecule has 3 amide bonds. The highest BCUT2D eigenvalue weighted by Crippen LogP contribution is 2.32. The topological polar surface area (TPSA) is 60.9 Å². The van der Waals surface area contributed by atoms with E-state index in [1.54, 1.807) is 11.0 Å². The number of likely N-dealkylation sites (tertiary alicyclic amines) is 1. The minimum atomic E-state index is -0.367. The minimum Gasteiger partial charge on any atom is -0.372 e. The zero-order valence-electron chi connectivity index (χ0n) is 17.3. The van der Waals surface area contributed by atoms with Crippen molar-refractivity contribution in [3.8, 4) is 0 Å². The highest BCUT2D eigenvalue weighted by atomic mass is 32.2. The number of piperidine rings is 1. The first kappa shape index (κ1) is 21.0. The van der Waals surface area contributed by atoms with E-state index in [2.05, 4.69) is 17.0 Å². The van der Waals surface area contributed by atoms with Crippen LogP contribution in [0.2, 0.25) is 0 Å². The fourth-order valence-corrected chi connectivity index (χ4v) is 5.11. The van der Waals surface area contributed by atoms with Gasteiger partial charge in [0.05, 0.1) is 4.91 Å². The number of benzene rings is 1. The number of hydrogen-bond acceptors (Lipinski definition) is 5. The Morgan fingerprint density at radius 1 is 0.867 bits per heavy atom. The van der Waals surface area contributed by atoms with Crippen LogP contribution in [-0.2, 0) is 9.59 Å². The van der Waals surface area contributed by atoms with Crippen LogP contribution in [0.15, 0.2) is 29.2 Å². The van der Waals surface area contributed by atoms with E-state index in [0.29, 0.717) is 18.0 Å². The normalized spacial score (nSPS) is 22.0. The van der Waals surface area contributed by atoms with Crippen LogP contribution < -0.4 is 4.90 Å². The van der Waals surface area contributed by atoms with Crippen molar-refractivity contribution in [1.82, 2.24) is 9.80 Å². The monoisotopic (exact) mass is 427 g/mol. The fraction of sp³-hybridized carbons (Fsp3) is 0.522. The van der Waals surface area contributed by atoms with E-state index in [9.17, 15) is 14.4 Å². The Hall–Kier alpha value is -2.28. The van der Waals surface area contributed by atoms with Gasteiger partial charge < -0.3 is 9.80 Å². The van der Waals surface area contributed by atoms with Gasteiger partial charge >= 0.3 is 0 Å². The molecule has 4 rings (SSSR count). The lowest BCUT2D eigenvalue weighted by molar-refractivity contribution is -0.135. The molecule has 0 atom stereocenters. The van der Waals surface area contributed by atoms with E-state index in [1.165, 1.54) is 24.9 Å². The molecule has 0 aromatic heterocycles. The molecular weight excluding hydrogens is 398 g/mol. The summed E-state index contributed by atoms with van der Waals surface area (Å²) in [5.74, 6) is -0.500. The third-order valence-electron chi connectivity index (χ3n) is 6.04. The minimum absolute atomic E-state index is 0.133. The Balaban J connectivity index is 1.40. The molecule has 0 bridgehead atoms. The summed E-state index contributed by atoms with van der Waals surface area (Å²) in [5, 5.41) is -0.362. The van der Waals surface area contributed by atoms with Crippen molar-refractivity contribution in [3.05, 3.63) is 34.7 Å². The van der Waals surface area contributed by atoms with E-state index in [1.807, 2.05) is 12.1 Å². The molecule has 3 saturated heterocycles. The van der Waals surface area contributed by atoms with Crippen molar-refractivity contribution < 1.29 is 14.4 Å². The van der Waals surface area contributed by atoms with E-state index < -0.39 is 0 Å². The molecule has 0 saturated carbocycles. The number of carbonyl (C=O) groups excluding carboxylic acids is 3. The largest absolute Gasteiger partial charge is 0.372 e. The summed E-state index contributed by atoms with van der Waals surface area (Å²) in [5.41, 5.74) is 2.09. The van der Waals surface area contributed by atoms with Gasteiger partial charge in [0.25, 0.3) is 11.1 Å². The molecule has 0 radical (unpaired) electrons. The zero-order chi connectivity index (χ0) is 20.9. The molecule has 3 aliphatic heterocycles. The first-order valence-corrected chi connectivity index (χ1v) is 11.8. The second-order valence-electron chi connectivity index (χ2n) is 8.20. The van der Waals surface area contributed by atoms with Crippen LogP contribution in [0.25, 0.3) is 6.08 Å². The molecule has 3 aliphatic rings. The highest BCUT2D eigenvalue weighted by molar-refractivity contribution is 8.18. The summed E-state index contributed by atoms with van der Waals surface area (Å²) < 4.78 is 0. The number of thioether (sulfide) groups is 1. The molecule has 3 fully saturated rings. The molecule has 7 heteroatoms. The smallest absolute Gasteiger partial charge is 0.294 e. The van der Waals surface area contributed by atoms with Gasteiger partial charge in [0, 0.05) is 31.9 Å². The molecule has 1 aromatic carbocycles. The van der Waals surface area contributed by atoms with E-state index in [-0.39, 0.29) is 23.6 Å². The maximum absolute atomic E-state index is 12.8. The number of amides is 3. The number of carbonyl (C=O) groups is 3. The van der Waals surface area contributed by atoms with E-state index in [4.69, 9.17) is 0 Å². The molecule has 1 aromatic rings. The van der Waals surface area contributed by atoms with Crippen molar-refractivity contribution in [2.24, 2.45) is 0 Å². The summed E-state index contributed by atoms with van der Waals surface area (Å²) in [6.45, 7) is 3.45. The number of imide groups is 1. The van der Waals surface area contributed by atoms with Gasteiger partial charge in [-0.05, 0) is 67.6 Å². The van der Waals surface area contributed by atoms with Gasteiger partial charge in [-0.25, -0.2) is 0 Å². The quantitative estimate of drug-likeness (QED) is 0.677. The van der Waals surface area contributed by atoms with Crippen molar-refractivity contribution >= 4 is 40.6 Å². The molecule has 30 heavy (non-hydrogen) atoms. The maximum Gasteiger partial charge on any atom is 0.294 e. The number of nitrogens with zero attached hydrogens (tertiary/aromatic N) is 3. The van der Waals surface area contributed by atoms with Crippen LogP contribution in [0.4, 0.5) is 10.5 Å². The number of anilines is 1. The lowest BCUT2D eigenvalue weighted by atomic mass is 10.1. The zero-order valence-corrected chi connectivity index (χ0v) is 18.2. The third-order valence-corrected chi connectivity index (χ3v) is 6.95. The lowest BCUT2D eigenvalue weighted by Crippen LogP contribution is -2.42. The lowest BCUT2D eigenvalue weighted by Gasteiger charge is -2.28. The molecule has 6 nitrogen and oxygen atoms in total. The van der Waals surface area contributed by atoms with Crippen molar-refractivity contribution in [2.45, 2.75) is 44.9 Å². The SMILES string of the molecule is O=C(CN1C(=O)SC(=Cc2ccc(N3CCCCC3)cc2)C1=O)N1CCCCCC1. The van der Waals surface area contributed by atoms with Crippen LogP contribution in [0, 0.1) is 0 Å². The van der Waals surface area contributed by atoms with Gasteiger partial charge in [-0.1, -0.05) is 25.0 Å². The second-order valence-corrected chi connectivity index (χ2v) is 9.20. The molecule has 0 unspecified atom stereocenters. The van der Waals surface area contributed by atoms with Crippen LogP contribution >= 0.6 is 11.8 Å². The Kier molecular flexibility index (Phi) is 6.77. The summed E-state index contributed by atoms with van der Waals surface area (Å²) >= 11 is 0.919. The van der Waals surface area contributed by atoms with E-state index in [0.717, 1.165) is 61.0 Å². The van der Waals surface area contributed by atoms with Crippen LogP contribution in [-0.4, -0.2) is 59.6 Å². The van der Waals surface area contributed by atoms with Crippen LogP contribution in [0.3, 0.4) is 0 Å². The standard InChI is InChI=1S/C23H29N3O3S/c27-21(25-14-4-1-2-5-15-25)17-26-22(28)20(30-23(26)29)16-18-8-10-19(11-9-18)24-12-6-3-7-13-24/h8-11,16H,1-7,12-15,17H2. The fourth-order valence-electron chi connectivity index (χ4n) is 4.28. The number of hydrogen-bond donors (Lipinski definition) is 0. The van der Waals surface area contributed by atoms with Gasteiger partial charge in [-0.3, -0.25) is 19.3 Å². The molecule has 0 aliphatic carbocycles. The Morgan fingerprint density at radius 2 is 1.47 bits per heavy atom. The summed E-state index contributed by atoms with van der Waals surface area (Å²) in [6.07, 6.45) is 9.74. The third kappa shape index (κ3) is 4.89. The van der Waals surface area contributed by atoms with Crippen molar-refractivity contribution in [1.29, 1.82) is 0 Å². The van der Waals surface area contributed by atoms with Gasteiger partial charge in [-0.15, -0.1) is 0 Å². The van der Waals surface area contributed by atoms with E-state index >= 15 is 0 Å². The predicted molar refractivity (Wildman–Crippen MR) is 120 cm³/mol. The first-order chi connectivity index (χ1) is 14.6. The van der Waals surface area contributed by atoms with Crippen molar-refractivity contribution in [2.75, 3.05) is 37.6 Å².